The number of aromatic hydroxyl groups is 1. The summed E-state index contributed by atoms with van der Waals surface area (Å²) >= 11 is 0. The van der Waals surface area contributed by atoms with Gasteiger partial charge in [0, 0.05) is 42.1 Å². The number of amides is 2. The van der Waals surface area contributed by atoms with E-state index in [1.165, 1.54) is 12.1 Å². The molecule has 0 aliphatic heterocycles. The summed E-state index contributed by atoms with van der Waals surface area (Å²) in [7, 11) is -15.0. The molecule has 0 bridgehead atoms. The molecule has 4 rings (SSSR count). The van der Waals surface area contributed by atoms with Crippen LogP contribution in [0.4, 0.5) is 39.8 Å². The van der Waals surface area contributed by atoms with Crippen LogP contribution >= 0.6 is 0 Å². The van der Waals surface area contributed by atoms with Gasteiger partial charge in [-0.15, -0.1) is 20.5 Å². The molecule has 268 valence electrons. The summed E-state index contributed by atoms with van der Waals surface area (Å²) in [5, 5.41) is 30.1. The second kappa shape index (κ2) is 15.0. The average molecular weight is 756 g/mol. The monoisotopic (exact) mass is 755 g/mol. The van der Waals surface area contributed by atoms with Crippen LogP contribution in [-0.4, -0.2) is 55.8 Å². The zero-order valence-corrected chi connectivity index (χ0v) is 28.2. The lowest BCUT2D eigenvalue weighted by atomic mass is 10.1. The van der Waals surface area contributed by atoms with E-state index in [1.807, 2.05) is 0 Å². The molecule has 14 N–H and O–H groups in total. The van der Waals surface area contributed by atoms with Crippen LogP contribution in [0.1, 0.15) is 13.8 Å². The predicted molar refractivity (Wildman–Crippen MR) is 179 cm³/mol. The Morgan fingerprint density at radius 2 is 1.08 bits per heavy atom. The first-order valence-corrected chi connectivity index (χ1v) is 17.2. The molecule has 0 unspecified atom stereocenters. The molecule has 0 saturated carbocycles. The Balaban J connectivity index is 0.00000433. The zero-order chi connectivity index (χ0) is 35.8. The minimum absolute atomic E-state index is 0. The van der Waals surface area contributed by atoms with Crippen molar-refractivity contribution in [3.8, 4) is 5.75 Å². The first-order chi connectivity index (χ1) is 22.2. The second-order valence-electron chi connectivity index (χ2n) is 9.72. The Kier molecular flexibility index (Phi) is 12.2. The predicted octanol–water partition coefficient (Wildman–Crippen LogP) is 4.94. The number of nitrogens with zero attached hydrogens (tertiary/aromatic N) is 4. The highest BCUT2D eigenvalue weighted by atomic mass is 32.2. The number of benzene rings is 4. The summed E-state index contributed by atoms with van der Waals surface area (Å²) in [6.45, 7) is 2.30. The molecule has 4 aromatic rings. The fourth-order valence-electron chi connectivity index (χ4n) is 4.30. The fourth-order valence-corrected chi connectivity index (χ4v) is 6.43. The summed E-state index contributed by atoms with van der Waals surface area (Å²) in [6.07, 6.45) is 0. The number of phenols is 1. The van der Waals surface area contributed by atoms with Crippen LogP contribution < -0.4 is 28.7 Å². The smallest absolute Gasteiger partial charge is 0.297 e. The van der Waals surface area contributed by atoms with Crippen LogP contribution in [-0.2, 0) is 39.9 Å². The van der Waals surface area contributed by atoms with Crippen LogP contribution in [0.5, 0.6) is 5.75 Å². The van der Waals surface area contributed by atoms with Crippen molar-refractivity contribution in [2.24, 2.45) is 20.5 Å². The van der Waals surface area contributed by atoms with Gasteiger partial charge in [-0.2, -0.15) is 25.3 Å². The Labute approximate surface area is 283 Å². The number of carbonyl (C=O) groups excluding carboxylic acids is 2. The second-order valence-corrected chi connectivity index (χ2v) is 13.9. The van der Waals surface area contributed by atoms with Crippen molar-refractivity contribution in [3.63, 3.8) is 0 Å². The number of nitrogen functional groups attached to an aromatic ring is 1. The molecule has 50 heavy (non-hydrogen) atoms. The van der Waals surface area contributed by atoms with E-state index in [-0.39, 0.29) is 29.1 Å². The third-order valence-corrected chi connectivity index (χ3v) is 8.83. The number of rotatable bonds is 9. The fraction of sp³-hybridized carbons (Fsp3) is 0.0769. The SMILES string of the molecule is CC(=O)Nc1ccc(N=Nc2cc(O)c3c(S(=O)(=O)O)c(N)ccc3c2N=Nc2ccc(NC(C)=O)cc2S(=O)(=O)O)c(S(=O)(=O)O)c1.N.N. The van der Waals surface area contributed by atoms with Crippen molar-refractivity contribution in [2.45, 2.75) is 28.5 Å². The van der Waals surface area contributed by atoms with Crippen molar-refractivity contribution in [1.82, 2.24) is 12.3 Å². The van der Waals surface area contributed by atoms with Crippen LogP contribution in [0.25, 0.3) is 10.8 Å². The van der Waals surface area contributed by atoms with E-state index in [2.05, 4.69) is 31.1 Å². The van der Waals surface area contributed by atoms with Gasteiger partial charge in [0.05, 0.1) is 5.69 Å². The number of fused-ring (bicyclic) bond motifs is 1. The third kappa shape index (κ3) is 9.15. The van der Waals surface area contributed by atoms with E-state index in [4.69, 9.17) is 5.73 Å². The number of nitrogens with one attached hydrogen (secondary N) is 2. The van der Waals surface area contributed by atoms with Gasteiger partial charge in [0.15, 0.2) is 0 Å². The number of carbonyl (C=O) groups is 2. The normalized spacial score (nSPS) is 12.0. The van der Waals surface area contributed by atoms with Gasteiger partial charge in [0.2, 0.25) is 11.8 Å². The Hall–Kier alpha value is -5.47. The summed E-state index contributed by atoms with van der Waals surface area (Å²) < 4.78 is 102. The maximum absolute atomic E-state index is 12.2. The number of hydrogen-bond donors (Lipinski definition) is 9. The van der Waals surface area contributed by atoms with E-state index in [9.17, 15) is 53.6 Å². The molecule has 0 fully saturated rings. The Bertz CT molecular complexity index is 2420. The molecular formula is C26H29N9O12S3. The van der Waals surface area contributed by atoms with Gasteiger partial charge < -0.3 is 33.8 Å². The van der Waals surface area contributed by atoms with Crippen LogP contribution in [0.2, 0.25) is 0 Å². The summed E-state index contributed by atoms with van der Waals surface area (Å²) in [5.41, 5.74) is 3.33. The minimum atomic E-state index is -5.09. The molecular weight excluding hydrogens is 727 g/mol. The molecule has 0 aliphatic carbocycles. The van der Waals surface area contributed by atoms with E-state index >= 15 is 0 Å². The van der Waals surface area contributed by atoms with Crippen molar-refractivity contribution in [3.05, 3.63) is 54.6 Å². The molecule has 0 radical (unpaired) electrons. The van der Waals surface area contributed by atoms with Crippen LogP contribution in [0, 0.1) is 0 Å². The van der Waals surface area contributed by atoms with Crippen LogP contribution in [0.15, 0.2) is 89.7 Å². The Morgan fingerprint density at radius 1 is 0.640 bits per heavy atom. The molecule has 0 spiro atoms. The zero-order valence-electron chi connectivity index (χ0n) is 25.8. The highest BCUT2D eigenvalue weighted by molar-refractivity contribution is 7.86. The van der Waals surface area contributed by atoms with E-state index in [1.54, 1.807) is 0 Å². The van der Waals surface area contributed by atoms with Gasteiger partial charge >= 0.3 is 0 Å². The van der Waals surface area contributed by atoms with Gasteiger partial charge in [-0.25, -0.2) is 0 Å². The van der Waals surface area contributed by atoms with Crippen molar-refractivity contribution in [1.29, 1.82) is 0 Å². The third-order valence-electron chi connectivity index (χ3n) is 6.11. The van der Waals surface area contributed by atoms with Gasteiger partial charge in [-0.1, -0.05) is 0 Å². The first-order valence-electron chi connectivity index (χ1n) is 12.8. The lowest BCUT2D eigenvalue weighted by molar-refractivity contribution is -0.115. The topological polar surface area (TPSA) is 387 Å². The van der Waals surface area contributed by atoms with Crippen LogP contribution in [0.3, 0.4) is 0 Å². The van der Waals surface area contributed by atoms with Gasteiger partial charge in [-0.05, 0) is 48.5 Å². The molecule has 0 atom stereocenters. The molecule has 24 heteroatoms. The minimum Gasteiger partial charge on any atom is -0.507 e. The molecule has 21 nitrogen and oxygen atoms in total. The molecule has 0 heterocycles. The van der Waals surface area contributed by atoms with Gasteiger partial charge in [0.25, 0.3) is 30.4 Å². The lowest BCUT2D eigenvalue weighted by Crippen LogP contribution is -2.07. The Morgan fingerprint density at radius 3 is 1.50 bits per heavy atom. The average Bonchev–Trinajstić information content (AvgIpc) is 2.94. The quantitative estimate of drug-likeness (QED) is 0.0620. The van der Waals surface area contributed by atoms with Gasteiger partial charge in [0.1, 0.15) is 43.2 Å². The lowest BCUT2D eigenvalue weighted by Gasteiger charge is -2.12. The molecule has 0 aliphatic rings. The highest BCUT2D eigenvalue weighted by Gasteiger charge is 2.25. The summed E-state index contributed by atoms with van der Waals surface area (Å²) in [4.78, 5) is 20.3. The largest absolute Gasteiger partial charge is 0.507 e. The molecule has 4 aromatic carbocycles. The highest BCUT2D eigenvalue weighted by Crippen LogP contribution is 2.46. The summed E-state index contributed by atoms with van der Waals surface area (Å²) in [5.74, 6) is -1.96. The molecule has 0 saturated heterocycles. The number of phenolic OH excluding ortho intramolecular Hbond substituents is 1. The summed E-state index contributed by atoms with van der Waals surface area (Å²) in [6, 6.07) is 9.27. The first kappa shape index (κ1) is 40.7. The van der Waals surface area contributed by atoms with E-state index < -0.39 is 96.4 Å². The van der Waals surface area contributed by atoms with Gasteiger partial charge in [-0.3, -0.25) is 23.2 Å². The van der Waals surface area contributed by atoms with Crippen molar-refractivity contribution < 1.29 is 53.6 Å². The maximum Gasteiger partial charge on any atom is 0.297 e. The molecule has 2 amide bonds. The number of nitrogens with two attached hydrogens (primary N) is 1. The molecule has 0 aromatic heterocycles. The van der Waals surface area contributed by atoms with E-state index in [0.717, 1.165) is 56.3 Å². The number of anilines is 3. The standard InChI is InChI=1S/C26H23N7O12S3.2H3N/c1-12(34)28-14-3-7-18(22(9-14)46(37,38)39)30-32-20-11-21(36)24-16(5-6-17(27)26(24)48(43,44)45)25(20)33-31-19-8-4-15(29-13(2)35)10-23(19)47(40,41)42;;/h3-11,36H,27H2,1-2H3,(H,28,34)(H,29,35)(H,37,38,39)(H,40,41,42)(H,43,44,45);2*1H3. The van der Waals surface area contributed by atoms with Crippen molar-refractivity contribution >= 4 is 92.8 Å². The maximum atomic E-state index is 12.2. The number of hydrogen-bond acceptors (Lipinski definition) is 16. The van der Waals surface area contributed by atoms with E-state index in [0.29, 0.717) is 0 Å². The van der Waals surface area contributed by atoms with Crippen molar-refractivity contribution in [2.75, 3.05) is 16.4 Å². The number of azo groups is 2.